The topological polar surface area (TPSA) is 126 Å². The third-order valence-electron chi connectivity index (χ3n) is 5.95. The molecule has 1 aliphatic carbocycles. The Bertz CT molecular complexity index is 1140. The molecule has 1 aliphatic heterocycles. The van der Waals surface area contributed by atoms with Crippen LogP contribution in [0.15, 0.2) is 24.5 Å². The van der Waals surface area contributed by atoms with E-state index in [0.717, 1.165) is 37.0 Å². The second-order valence-corrected chi connectivity index (χ2v) is 8.35. The highest BCUT2D eigenvalue weighted by Crippen LogP contribution is 2.35. The number of halogens is 1. The molecule has 1 aromatic carbocycles. The van der Waals surface area contributed by atoms with E-state index in [9.17, 15) is 4.79 Å². The molecule has 0 spiro atoms. The molecular formula is C21H23ClN6O4. The molecule has 10 nitrogen and oxygen atoms in total. The molecule has 3 heterocycles. The zero-order valence-corrected chi connectivity index (χ0v) is 18.0. The van der Waals surface area contributed by atoms with Gasteiger partial charge in [-0.05, 0) is 60.9 Å². The number of hydrogen-bond donors (Lipinski definition) is 2. The van der Waals surface area contributed by atoms with Gasteiger partial charge < -0.3 is 29.8 Å². The van der Waals surface area contributed by atoms with Crippen molar-refractivity contribution >= 4 is 34.7 Å². The van der Waals surface area contributed by atoms with Gasteiger partial charge in [-0.2, -0.15) is 9.97 Å². The van der Waals surface area contributed by atoms with E-state index in [2.05, 4.69) is 20.3 Å². The van der Waals surface area contributed by atoms with Gasteiger partial charge in [0.05, 0.1) is 12.9 Å². The monoisotopic (exact) mass is 458 g/mol. The van der Waals surface area contributed by atoms with Crippen LogP contribution in [0.2, 0.25) is 5.28 Å². The van der Waals surface area contributed by atoms with Crippen molar-refractivity contribution in [2.45, 2.75) is 38.3 Å². The molecule has 0 unspecified atom stereocenters. The Balaban J connectivity index is 1.09. The lowest BCUT2D eigenvalue weighted by Gasteiger charge is -2.29. The van der Waals surface area contributed by atoms with Gasteiger partial charge in [0, 0.05) is 12.6 Å². The van der Waals surface area contributed by atoms with Crippen molar-refractivity contribution in [3.63, 3.8) is 0 Å². The average Bonchev–Trinajstić information content (AvgIpc) is 3.43. The van der Waals surface area contributed by atoms with E-state index in [1.165, 1.54) is 0 Å². The summed E-state index contributed by atoms with van der Waals surface area (Å²) in [7, 11) is 0. The number of amides is 1. The summed E-state index contributed by atoms with van der Waals surface area (Å²) in [6.45, 7) is 0.984. The minimum atomic E-state index is -0.424. The minimum absolute atomic E-state index is 0.116. The van der Waals surface area contributed by atoms with Gasteiger partial charge in [-0.15, -0.1) is 0 Å². The lowest BCUT2D eigenvalue weighted by Crippen LogP contribution is -2.28. The Hall–Kier alpha value is -3.27. The van der Waals surface area contributed by atoms with E-state index in [-0.39, 0.29) is 23.9 Å². The van der Waals surface area contributed by atoms with Gasteiger partial charge in [-0.3, -0.25) is 0 Å². The number of aromatic nitrogens is 4. The molecule has 0 radical (unpaired) electrons. The van der Waals surface area contributed by atoms with Crippen LogP contribution in [0.3, 0.4) is 0 Å². The molecule has 3 aromatic rings. The fourth-order valence-corrected chi connectivity index (χ4v) is 4.41. The molecule has 0 bridgehead atoms. The fraction of sp³-hybridized carbons (Fsp3) is 0.429. The van der Waals surface area contributed by atoms with Gasteiger partial charge in [0.25, 0.3) is 0 Å². The highest BCUT2D eigenvalue weighted by molar-refractivity contribution is 6.28. The first-order valence-electron chi connectivity index (χ1n) is 10.5. The molecule has 2 aliphatic rings. The van der Waals surface area contributed by atoms with Crippen LogP contribution < -0.4 is 20.5 Å². The van der Waals surface area contributed by atoms with Crippen molar-refractivity contribution < 1.29 is 19.0 Å². The first-order chi connectivity index (χ1) is 15.6. The van der Waals surface area contributed by atoms with Crippen LogP contribution in [0.1, 0.15) is 37.3 Å². The smallest absolute Gasteiger partial charge is 0.407 e. The number of nitrogens with one attached hydrogen (secondary N) is 1. The number of fused-ring (bicyclic) bond motifs is 2. The number of nitrogens with two attached hydrogens (primary N) is 1. The van der Waals surface area contributed by atoms with Crippen LogP contribution in [0.4, 0.5) is 10.6 Å². The van der Waals surface area contributed by atoms with Crippen LogP contribution in [-0.2, 0) is 11.3 Å². The molecule has 1 fully saturated rings. The summed E-state index contributed by atoms with van der Waals surface area (Å²) in [6, 6.07) is 5.83. The first-order valence-corrected chi connectivity index (χ1v) is 10.9. The number of nitrogen functional groups attached to an aromatic ring is 1. The molecule has 3 N–H and O–H groups in total. The maximum absolute atomic E-state index is 12.1. The molecule has 5 rings (SSSR count). The highest BCUT2D eigenvalue weighted by atomic mass is 35.5. The van der Waals surface area contributed by atoms with Crippen LogP contribution in [0, 0.1) is 5.92 Å². The Morgan fingerprint density at radius 2 is 2.03 bits per heavy atom. The summed E-state index contributed by atoms with van der Waals surface area (Å²) in [5, 5.41) is 2.90. The van der Waals surface area contributed by atoms with Gasteiger partial charge in [-0.25, -0.2) is 9.78 Å². The highest BCUT2D eigenvalue weighted by Gasteiger charge is 2.25. The summed E-state index contributed by atoms with van der Waals surface area (Å²) in [5.41, 5.74) is 8.04. The number of hydrogen-bond acceptors (Lipinski definition) is 8. The fourth-order valence-electron chi connectivity index (χ4n) is 4.24. The third-order valence-corrected chi connectivity index (χ3v) is 6.12. The van der Waals surface area contributed by atoms with Gasteiger partial charge in [0.1, 0.15) is 5.52 Å². The molecule has 1 amide bonds. The normalized spacial score (nSPS) is 19.8. The van der Waals surface area contributed by atoms with E-state index >= 15 is 0 Å². The zero-order chi connectivity index (χ0) is 22.1. The maximum Gasteiger partial charge on any atom is 0.407 e. The number of benzene rings is 1. The van der Waals surface area contributed by atoms with Crippen molar-refractivity contribution in [2.24, 2.45) is 5.92 Å². The van der Waals surface area contributed by atoms with Gasteiger partial charge in [0.15, 0.2) is 23.0 Å². The summed E-state index contributed by atoms with van der Waals surface area (Å²) >= 11 is 5.97. The van der Waals surface area contributed by atoms with Crippen molar-refractivity contribution in [1.82, 2.24) is 24.8 Å². The first kappa shape index (κ1) is 20.6. The standard InChI is InChI=1S/C21H23ClN6O4/c22-20-26-18(23)17-19(27-20)28(10-25-17)14-4-1-12(2-5-14)9-30-21(29)24-8-13-3-6-15-16(7-13)32-11-31-15/h3,6-7,10,12,14H,1-2,4-5,8-9,11H2,(H,24,29)(H2,23,26,27)/t12-,14+. The van der Waals surface area contributed by atoms with Crippen LogP contribution >= 0.6 is 11.6 Å². The summed E-state index contributed by atoms with van der Waals surface area (Å²) in [6.07, 6.45) is 5.06. The summed E-state index contributed by atoms with van der Waals surface area (Å²) < 4.78 is 18.1. The van der Waals surface area contributed by atoms with Crippen LogP contribution in [0.25, 0.3) is 11.2 Å². The second-order valence-electron chi connectivity index (χ2n) is 8.02. The number of carbonyl (C=O) groups is 1. The number of anilines is 1. The predicted molar refractivity (Wildman–Crippen MR) is 116 cm³/mol. The predicted octanol–water partition coefficient (Wildman–Crippen LogP) is 3.45. The molecule has 11 heteroatoms. The Labute approximate surface area is 189 Å². The Morgan fingerprint density at radius 1 is 1.22 bits per heavy atom. The molecule has 168 valence electrons. The molecule has 0 atom stereocenters. The number of ether oxygens (including phenoxy) is 3. The lowest BCUT2D eigenvalue weighted by molar-refractivity contribution is 0.109. The minimum Gasteiger partial charge on any atom is -0.454 e. The molecule has 32 heavy (non-hydrogen) atoms. The quantitative estimate of drug-likeness (QED) is 0.556. The van der Waals surface area contributed by atoms with E-state index in [1.807, 2.05) is 22.8 Å². The number of rotatable bonds is 5. The van der Waals surface area contributed by atoms with Crippen molar-refractivity contribution in [1.29, 1.82) is 0 Å². The van der Waals surface area contributed by atoms with Crippen molar-refractivity contribution in [2.75, 3.05) is 19.1 Å². The van der Waals surface area contributed by atoms with Crippen LogP contribution in [0.5, 0.6) is 11.5 Å². The van der Waals surface area contributed by atoms with Crippen molar-refractivity contribution in [3.8, 4) is 11.5 Å². The number of imidazole rings is 1. The second kappa shape index (κ2) is 8.70. The van der Waals surface area contributed by atoms with Gasteiger partial charge >= 0.3 is 6.09 Å². The Morgan fingerprint density at radius 3 is 2.88 bits per heavy atom. The summed E-state index contributed by atoms with van der Waals surface area (Å²) in [4.78, 5) is 24.7. The van der Waals surface area contributed by atoms with Gasteiger partial charge in [-0.1, -0.05) is 6.07 Å². The van der Waals surface area contributed by atoms with E-state index in [4.69, 9.17) is 31.5 Å². The number of carbonyl (C=O) groups excluding carboxylic acids is 1. The largest absolute Gasteiger partial charge is 0.454 e. The molecule has 0 saturated heterocycles. The zero-order valence-electron chi connectivity index (χ0n) is 17.3. The number of alkyl carbamates (subject to hydrolysis) is 1. The lowest BCUT2D eigenvalue weighted by atomic mass is 9.86. The van der Waals surface area contributed by atoms with E-state index in [0.29, 0.717) is 36.0 Å². The van der Waals surface area contributed by atoms with Gasteiger partial charge in [0.2, 0.25) is 12.1 Å². The number of nitrogens with zero attached hydrogens (tertiary/aromatic N) is 4. The molecular weight excluding hydrogens is 436 g/mol. The summed E-state index contributed by atoms with van der Waals surface area (Å²) in [5.74, 6) is 2.01. The SMILES string of the molecule is Nc1nc(Cl)nc2c1ncn2[C@H]1CC[C@@H](COC(=O)NCc2ccc3c(c2)OCO3)CC1. The van der Waals surface area contributed by atoms with Crippen LogP contribution in [-0.4, -0.2) is 39.0 Å². The van der Waals surface area contributed by atoms with E-state index < -0.39 is 6.09 Å². The van der Waals surface area contributed by atoms with E-state index in [1.54, 1.807) is 6.33 Å². The Kier molecular flexibility index (Phi) is 5.60. The maximum atomic E-state index is 12.1. The average molecular weight is 459 g/mol. The van der Waals surface area contributed by atoms with Crippen molar-refractivity contribution in [3.05, 3.63) is 35.4 Å². The third kappa shape index (κ3) is 4.22. The molecule has 2 aromatic heterocycles. The molecule has 1 saturated carbocycles.